The summed E-state index contributed by atoms with van der Waals surface area (Å²) < 4.78 is 5.83. The lowest BCUT2D eigenvalue weighted by atomic mass is 10.0. The maximum absolute atomic E-state index is 10.9. The molecule has 2 heterocycles. The molecule has 0 saturated carbocycles. The third-order valence-electron chi connectivity index (χ3n) is 4.87. The van der Waals surface area contributed by atoms with Crippen molar-refractivity contribution >= 4 is 6.29 Å². The second-order valence-corrected chi connectivity index (χ2v) is 6.89. The second kappa shape index (κ2) is 7.75. The van der Waals surface area contributed by atoms with Crippen molar-refractivity contribution in [1.29, 1.82) is 0 Å². The highest BCUT2D eigenvalue weighted by Crippen LogP contribution is 2.32. The van der Waals surface area contributed by atoms with E-state index in [9.17, 15) is 4.79 Å². The summed E-state index contributed by atoms with van der Waals surface area (Å²) in [5, 5.41) is 0. The smallest absolute Gasteiger partial charge is 0.211 e. The number of aromatic nitrogens is 1. The first-order valence-corrected chi connectivity index (χ1v) is 8.89. The van der Waals surface area contributed by atoms with Crippen LogP contribution in [0.3, 0.4) is 0 Å². The molecule has 0 radical (unpaired) electrons. The second-order valence-electron chi connectivity index (χ2n) is 6.89. The summed E-state index contributed by atoms with van der Waals surface area (Å²) in [4.78, 5) is 18.0. The predicted octanol–water partition coefficient (Wildman–Crippen LogP) is 4.40. The van der Waals surface area contributed by atoms with Gasteiger partial charge >= 0.3 is 0 Å². The Hall–Kier alpha value is -1.94. The molecule has 4 heteroatoms. The molecule has 0 spiro atoms. The number of oxazole rings is 1. The number of aryl methyl sites for hydroxylation is 1. The highest BCUT2D eigenvalue weighted by atomic mass is 16.3. The lowest BCUT2D eigenvalue weighted by Crippen LogP contribution is -2.35. The third kappa shape index (κ3) is 3.93. The molecule has 2 aromatic rings. The maximum atomic E-state index is 10.9. The SMILES string of the molecule is Cc1ccc(-c2coc([C@H]3CCCCN3CCC(C)C=O)n2)cc1. The zero-order valence-electron chi connectivity index (χ0n) is 14.6. The molecule has 0 N–H and O–H groups in total. The minimum absolute atomic E-state index is 0.111. The van der Waals surface area contributed by atoms with Crippen molar-refractivity contribution in [2.75, 3.05) is 13.1 Å². The molecule has 1 aromatic carbocycles. The van der Waals surface area contributed by atoms with Crippen molar-refractivity contribution in [1.82, 2.24) is 9.88 Å². The Morgan fingerprint density at radius 3 is 2.88 bits per heavy atom. The van der Waals surface area contributed by atoms with Crippen LogP contribution in [0.25, 0.3) is 11.3 Å². The summed E-state index contributed by atoms with van der Waals surface area (Å²) in [5.41, 5.74) is 3.23. The number of benzene rings is 1. The Labute approximate surface area is 143 Å². The summed E-state index contributed by atoms with van der Waals surface area (Å²) in [5.74, 6) is 0.921. The summed E-state index contributed by atoms with van der Waals surface area (Å²) in [6.07, 6.45) is 7.18. The molecule has 1 unspecified atom stereocenters. The van der Waals surface area contributed by atoms with Gasteiger partial charge in [0, 0.05) is 11.5 Å². The number of nitrogens with zero attached hydrogens (tertiary/aromatic N) is 2. The van der Waals surface area contributed by atoms with Gasteiger partial charge in [-0.3, -0.25) is 4.90 Å². The Bertz CT molecular complexity index is 663. The van der Waals surface area contributed by atoms with Gasteiger partial charge in [-0.25, -0.2) is 4.98 Å². The van der Waals surface area contributed by atoms with E-state index in [2.05, 4.69) is 36.1 Å². The highest BCUT2D eigenvalue weighted by molar-refractivity contribution is 5.58. The van der Waals surface area contributed by atoms with E-state index in [0.29, 0.717) is 0 Å². The van der Waals surface area contributed by atoms with Crippen molar-refractivity contribution < 1.29 is 9.21 Å². The average molecular weight is 326 g/mol. The van der Waals surface area contributed by atoms with Gasteiger partial charge in [-0.1, -0.05) is 43.2 Å². The first kappa shape index (κ1) is 16.9. The van der Waals surface area contributed by atoms with E-state index < -0.39 is 0 Å². The van der Waals surface area contributed by atoms with E-state index in [4.69, 9.17) is 9.40 Å². The van der Waals surface area contributed by atoms with Crippen LogP contribution in [0, 0.1) is 12.8 Å². The topological polar surface area (TPSA) is 46.3 Å². The molecule has 1 saturated heterocycles. The van der Waals surface area contributed by atoms with E-state index in [1.165, 1.54) is 18.4 Å². The molecule has 1 aromatic heterocycles. The quantitative estimate of drug-likeness (QED) is 0.738. The summed E-state index contributed by atoms with van der Waals surface area (Å²) >= 11 is 0. The van der Waals surface area contributed by atoms with Crippen molar-refractivity contribution in [3.63, 3.8) is 0 Å². The molecule has 4 nitrogen and oxygen atoms in total. The largest absolute Gasteiger partial charge is 0.447 e. The zero-order chi connectivity index (χ0) is 16.9. The molecule has 3 rings (SSSR count). The molecule has 24 heavy (non-hydrogen) atoms. The van der Waals surface area contributed by atoms with Gasteiger partial charge in [0.05, 0.1) is 6.04 Å². The molecule has 128 valence electrons. The van der Waals surface area contributed by atoms with Gasteiger partial charge in [-0.05, 0) is 39.3 Å². The minimum atomic E-state index is 0.111. The first-order chi connectivity index (χ1) is 11.7. The fraction of sp³-hybridized carbons (Fsp3) is 0.500. The Kier molecular flexibility index (Phi) is 5.46. The fourth-order valence-electron chi connectivity index (χ4n) is 3.27. The van der Waals surface area contributed by atoms with Crippen molar-refractivity contribution in [3.8, 4) is 11.3 Å². The molecule has 2 atom stereocenters. The average Bonchev–Trinajstić information content (AvgIpc) is 3.10. The van der Waals surface area contributed by atoms with E-state index >= 15 is 0 Å². The molecule has 0 amide bonds. The Balaban J connectivity index is 1.73. The minimum Gasteiger partial charge on any atom is -0.447 e. The van der Waals surface area contributed by atoms with Crippen molar-refractivity contribution in [3.05, 3.63) is 42.0 Å². The van der Waals surface area contributed by atoms with Crippen LogP contribution in [0.15, 0.2) is 34.9 Å². The van der Waals surface area contributed by atoms with Gasteiger partial charge < -0.3 is 9.21 Å². The van der Waals surface area contributed by atoms with Gasteiger partial charge in [-0.2, -0.15) is 0 Å². The number of likely N-dealkylation sites (tertiary alicyclic amines) is 1. The molecular weight excluding hydrogens is 300 g/mol. The van der Waals surface area contributed by atoms with Crippen LogP contribution in [-0.2, 0) is 4.79 Å². The van der Waals surface area contributed by atoms with E-state index in [-0.39, 0.29) is 12.0 Å². The Morgan fingerprint density at radius 1 is 1.33 bits per heavy atom. The van der Waals surface area contributed by atoms with Crippen LogP contribution in [0.2, 0.25) is 0 Å². The number of carbonyl (C=O) groups excluding carboxylic acids is 1. The maximum Gasteiger partial charge on any atom is 0.211 e. The van der Waals surface area contributed by atoms with Crippen molar-refractivity contribution in [2.45, 2.75) is 45.6 Å². The molecule has 1 aliphatic rings. The first-order valence-electron chi connectivity index (χ1n) is 8.89. The summed E-state index contributed by atoms with van der Waals surface area (Å²) in [7, 11) is 0. The van der Waals surface area contributed by atoms with Crippen LogP contribution < -0.4 is 0 Å². The molecule has 1 fully saturated rings. The van der Waals surface area contributed by atoms with Crippen molar-refractivity contribution in [2.24, 2.45) is 5.92 Å². The van der Waals surface area contributed by atoms with Crippen LogP contribution in [0.5, 0.6) is 0 Å². The third-order valence-corrected chi connectivity index (χ3v) is 4.87. The Morgan fingerprint density at radius 2 is 2.12 bits per heavy atom. The van der Waals surface area contributed by atoms with E-state index in [1.54, 1.807) is 6.26 Å². The zero-order valence-corrected chi connectivity index (χ0v) is 14.6. The number of hydrogen-bond acceptors (Lipinski definition) is 4. The van der Waals surface area contributed by atoms with Gasteiger partial charge in [0.25, 0.3) is 0 Å². The van der Waals surface area contributed by atoms with Crippen LogP contribution in [-0.4, -0.2) is 29.3 Å². The summed E-state index contributed by atoms with van der Waals surface area (Å²) in [6.45, 7) is 6.04. The van der Waals surface area contributed by atoms with Crippen LogP contribution in [0.1, 0.15) is 50.1 Å². The monoisotopic (exact) mass is 326 g/mol. The van der Waals surface area contributed by atoms with Gasteiger partial charge in [-0.15, -0.1) is 0 Å². The highest BCUT2D eigenvalue weighted by Gasteiger charge is 2.28. The van der Waals surface area contributed by atoms with Gasteiger partial charge in [0.1, 0.15) is 18.2 Å². The lowest BCUT2D eigenvalue weighted by molar-refractivity contribution is -0.111. The lowest BCUT2D eigenvalue weighted by Gasteiger charge is -2.34. The van der Waals surface area contributed by atoms with Crippen LogP contribution in [0.4, 0.5) is 0 Å². The number of aldehydes is 1. The molecule has 0 aliphatic carbocycles. The normalized spacial score (nSPS) is 20.0. The number of piperidine rings is 1. The van der Waals surface area contributed by atoms with E-state index in [1.807, 2.05) is 6.92 Å². The number of hydrogen-bond donors (Lipinski definition) is 0. The molecular formula is C20H26N2O2. The molecule has 1 aliphatic heterocycles. The number of carbonyl (C=O) groups is 1. The predicted molar refractivity (Wildman–Crippen MR) is 94.7 cm³/mol. The van der Waals surface area contributed by atoms with Crippen LogP contribution >= 0.6 is 0 Å². The molecule has 0 bridgehead atoms. The van der Waals surface area contributed by atoms with Gasteiger partial charge in [0.15, 0.2) is 0 Å². The number of rotatable bonds is 6. The van der Waals surface area contributed by atoms with E-state index in [0.717, 1.165) is 49.4 Å². The fourth-order valence-corrected chi connectivity index (χ4v) is 3.27. The standard InChI is InChI=1S/C20H26N2O2/c1-15-6-8-17(9-7-15)18-14-24-20(21-18)19-5-3-4-11-22(19)12-10-16(2)13-23/h6-9,13-14,16,19H,3-5,10-12H2,1-2H3/t16?,19-/m1/s1. The summed E-state index contributed by atoms with van der Waals surface area (Å²) in [6, 6.07) is 8.59. The van der Waals surface area contributed by atoms with Gasteiger partial charge in [0.2, 0.25) is 5.89 Å².